The molecule has 5 nitrogen and oxygen atoms in total. The molecule has 8 heteroatoms. The van der Waals surface area contributed by atoms with Crippen LogP contribution in [-0.2, 0) is 15.7 Å². The largest absolute Gasteiger partial charge is 0.463 e. The fraction of sp³-hybridized carbons (Fsp3) is 0.278. The van der Waals surface area contributed by atoms with E-state index in [4.69, 9.17) is 13.9 Å². The zero-order valence-corrected chi connectivity index (χ0v) is 13.6. The molecule has 2 aromatic heterocycles. The quantitative estimate of drug-likeness (QED) is 0.682. The Morgan fingerprint density at radius 3 is 2.54 bits per heavy atom. The van der Waals surface area contributed by atoms with Gasteiger partial charge in [-0.3, -0.25) is 0 Å². The van der Waals surface area contributed by atoms with Crippen molar-refractivity contribution in [3.05, 3.63) is 60.0 Å². The van der Waals surface area contributed by atoms with Crippen LogP contribution in [0, 0.1) is 0 Å². The van der Waals surface area contributed by atoms with Crippen LogP contribution in [0.3, 0.4) is 0 Å². The molecule has 1 fully saturated rings. The second-order valence-corrected chi connectivity index (χ2v) is 5.82. The van der Waals surface area contributed by atoms with Gasteiger partial charge in [0.1, 0.15) is 5.69 Å². The van der Waals surface area contributed by atoms with Crippen LogP contribution in [0.15, 0.2) is 53.1 Å². The molecule has 0 unspecified atom stereocenters. The van der Waals surface area contributed by atoms with Gasteiger partial charge in [0.25, 0.3) is 0 Å². The van der Waals surface area contributed by atoms with E-state index in [-0.39, 0.29) is 5.69 Å². The number of aromatic nitrogens is 2. The van der Waals surface area contributed by atoms with E-state index in [0.29, 0.717) is 24.7 Å². The molecular weight excluding hydrogens is 349 g/mol. The Bertz CT molecular complexity index is 881. The number of ether oxygens (including phenoxy) is 2. The molecule has 3 aromatic rings. The lowest BCUT2D eigenvalue weighted by Crippen LogP contribution is -2.18. The first-order valence-corrected chi connectivity index (χ1v) is 8.07. The third-order valence-electron chi connectivity index (χ3n) is 3.99. The fourth-order valence-corrected chi connectivity index (χ4v) is 2.80. The minimum absolute atomic E-state index is 0.213. The van der Waals surface area contributed by atoms with Gasteiger partial charge in [-0.15, -0.1) is 0 Å². The molecule has 1 aliphatic rings. The first-order chi connectivity index (χ1) is 12.5. The van der Waals surface area contributed by atoms with Gasteiger partial charge in [-0.1, -0.05) is 12.1 Å². The Morgan fingerprint density at radius 2 is 1.85 bits per heavy atom. The number of furan rings is 1. The normalized spacial score (nSPS) is 16.1. The van der Waals surface area contributed by atoms with Gasteiger partial charge in [-0.2, -0.15) is 18.3 Å². The van der Waals surface area contributed by atoms with Crippen molar-refractivity contribution in [3.63, 3.8) is 0 Å². The maximum Gasteiger partial charge on any atom is 0.435 e. The lowest BCUT2D eigenvalue weighted by atomic mass is 10.1. The van der Waals surface area contributed by atoms with E-state index in [1.165, 1.54) is 10.9 Å². The monoisotopic (exact) mass is 364 g/mol. The highest BCUT2D eigenvalue weighted by Gasteiger charge is 2.35. The molecule has 0 amide bonds. The second kappa shape index (κ2) is 6.62. The van der Waals surface area contributed by atoms with E-state index in [0.717, 1.165) is 18.1 Å². The molecule has 4 rings (SSSR count). The molecule has 0 atom stereocenters. The summed E-state index contributed by atoms with van der Waals surface area (Å²) >= 11 is 0. The van der Waals surface area contributed by atoms with Gasteiger partial charge in [0.05, 0.1) is 25.2 Å². The molecule has 0 N–H and O–H groups in total. The Balaban J connectivity index is 1.78. The average Bonchev–Trinajstić information content (AvgIpc) is 3.31. The van der Waals surface area contributed by atoms with Crippen LogP contribution in [0.25, 0.3) is 17.1 Å². The Hall–Kier alpha value is -2.58. The summed E-state index contributed by atoms with van der Waals surface area (Å²) in [5.74, 6) is 0.295. The van der Waals surface area contributed by atoms with Gasteiger partial charge in [0, 0.05) is 11.6 Å². The summed E-state index contributed by atoms with van der Waals surface area (Å²) in [6, 6.07) is 11.1. The highest BCUT2D eigenvalue weighted by molar-refractivity contribution is 5.57. The summed E-state index contributed by atoms with van der Waals surface area (Å²) in [6.07, 6.45) is -2.87. The molecule has 26 heavy (non-hydrogen) atoms. The molecule has 1 saturated heterocycles. The van der Waals surface area contributed by atoms with Crippen LogP contribution < -0.4 is 0 Å². The number of benzene rings is 1. The smallest absolute Gasteiger partial charge is 0.435 e. The third kappa shape index (κ3) is 3.25. The number of alkyl halides is 3. The highest BCUT2D eigenvalue weighted by atomic mass is 19.4. The van der Waals surface area contributed by atoms with Crippen LogP contribution in [0.2, 0.25) is 0 Å². The zero-order chi connectivity index (χ0) is 18.1. The number of halogens is 3. The van der Waals surface area contributed by atoms with Crippen LogP contribution in [0.1, 0.15) is 24.0 Å². The maximum atomic E-state index is 13.2. The summed E-state index contributed by atoms with van der Waals surface area (Å²) in [7, 11) is 0. The van der Waals surface area contributed by atoms with Gasteiger partial charge < -0.3 is 13.9 Å². The van der Waals surface area contributed by atoms with Crippen molar-refractivity contribution in [1.82, 2.24) is 9.78 Å². The van der Waals surface area contributed by atoms with Gasteiger partial charge in [-0.05, 0) is 30.7 Å². The van der Waals surface area contributed by atoms with E-state index in [1.54, 1.807) is 36.4 Å². The SMILES string of the molecule is FC(F)(F)c1cc(-c2ccco2)n(-c2cccc(C3OCCCO3)c2)n1. The topological polar surface area (TPSA) is 49.4 Å². The van der Waals surface area contributed by atoms with Gasteiger partial charge in [-0.25, -0.2) is 4.68 Å². The maximum absolute atomic E-state index is 13.2. The predicted molar refractivity (Wildman–Crippen MR) is 85.5 cm³/mol. The highest BCUT2D eigenvalue weighted by Crippen LogP contribution is 2.34. The van der Waals surface area contributed by atoms with Crippen molar-refractivity contribution in [3.8, 4) is 17.1 Å². The van der Waals surface area contributed by atoms with E-state index in [2.05, 4.69) is 5.10 Å². The van der Waals surface area contributed by atoms with Crippen molar-refractivity contribution < 1.29 is 27.1 Å². The molecule has 1 aromatic carbocycles. The number of rotatable bonds is 3. The molecular formula is C18H15F3N2O3. The predicted octanol–water partition coefficient (Wildman–Crippen LogP) is 4.59. The van der Waals surface area contributed by atoms with Gasteiger partial charge in [0.15, 0.2) is 17.7 Å². The molecule has 0 aliphatic carbocycles. The van der Waals surface area contributed by atoms with E-state index in [9.17, 15) is 13.2 Å². The van der Waals surface area contributed by atoms with Crippen LogP contribution in [0.5, 0.6) is 0 Å². The summed E-state index contributed by atoms with van der Waals surface area (Å²) in [5, 5.41) is 3.74. The number of nitrogens with zero attached hydrogens (tertiary/aromatic N) is 2. The Labute approximate surface area is 146 Å². The second-order valence-electron chi connectivity index (χ2n) is 5.82. The lowest BCUT2D eigenvalue weighted by molar-refractivity contribution is -0.183. The van der Waals surface area contributed by atoms with Crippen LogP contribution >= 0.6 is 0 Å². The van der Waals surface area contributed by atoms with Crippen molar-refractivity contribution >= 4 is 0 Å². The van der Waals surface area contributed by atoms with Crippen molar-refractivity contribution in [2.24, 2.45) is 0 Å². The zero-order valence-electron chi connectivity index (χ0n) is 13.6. The molecule has 0 saturated carbocycles. The average molecular weight is 364 g/mol. The Morgan fingerprint density at radius 1 is 1.04 bits per heavy atom. The Kier molecular flexibility index (Phi) is 4.29. The molecule has 1 aliphatic heterocycles. The summed E-state index contributed by atoms with van der Waals surface area (Å²) < 4.78 is 57.1. The van der Waals surface area contributed by atoms with E-state index in [1.807, 2.05) is 0 Å². The van der Waals surface area contributed by atoms with Gasteiger partial charge in [0.2, 0.25) is 0 Å². The van der Waals surface area contributed by atoms with E-state index >= 15 is 0 Å². The standard InChI is InChI=1S/C18H15F3N2O3/c19-18(20,21)16-11-14(15-6-2-7-24-15)23(22-16)13-5-1-4-12(10-13)17-25-8-3-9-26-17/h1-2,4-7,10-11,17H,3,8-9H2. The minimum atomic E-state index is -4.56. The van der Waals surface area contributed by atoms with Gasteiger partial charge >= 0.3 is 6.18 Å². The minimum Gasteiger partial charge on any atom is -0.463 e. The molecule has 0 bridgehead atoms. The lowest BCUT2D eigenvalue weighted by Gasteiger charge is -2.23. The number of hydrogen-bond donors (Lipinski definition) is 0. The summed E-state index contributed by atoms with van der Waals surface area (Å²) in [6.45, 7) is 1.15. The van der Waals surface area contributed by atoms with Crippen molar-refractivity contribution in [2.45, 2.75) is 18.9 Å². The van der Waals surface area contributed by atoms with E-state index < -0.39 is 18.2 Å². The number of hydrogen-bond acceptors (Lipinski definition) is 4. The van der Waals surface area contributed by atoms with Crippen LogP contribution in [0.4, 0.5) is 13.2 Å². The fourth-order valence-electron chi connectivity index (χ4n) is 2.80. The molecule has 0 radical (unpaired) electrons. The van der Waals surface area contributed by atoms with Crippen molar-refractivity contribution in [1.29, 1.82) is 0 Å². The summed E-state index contributed by atoms with van der Waals surface area (Å²) in [4.78, 5) is 0. The molecule has 136 valence electrons. The first-order valence-electron chi connectivity index (χ1n) is 8.07. The first kappa shape index (κ1) is 16.9. The third-order valence-corrected chi connectivity index (χ3v) is 3.99. The van der Waals surface area contributed by atoms with Crippen molar-refractivity contribution in [2.75, 3.05) is 13.2 Å². The molecule has 0 spiro atoms. The summed E-state index contributed by atoms with van der Waals surface area (Å²) in [5.41, 5.74) is 0.406. The molecule has 3 heterocycles. The van der Waals surface area contributed by atoms with Crippen LogP contribution in [-0.4, -0.2) is 23.0 Å².